The number of aromatic carboxylic acids is 1. The lowest BCUT2D eigenvalue weighted by molar-refractivity contribution is 0.0697. The standard InChI is InChI=1S/C27H27N3O3/c1-2-3-13-24-28-26(25(31)21-9-5-4-6-10-21)29-30(24)18-19-14-16-20(17-15-19)22-11-7-8-12-23(22)27(32)33/h1,7-8,11-12,14-17,21H,3-6,9-10,13,18H2,(H,32,33). The van der Waals surface area contributed by atoms with E-state index in [2.05, 4.69) is 16.0 Å². The molecule has 1 aromatic heterocycles. The van der Waals surface area contributed by atoms with Gasteiger partial charge in [0.25, 0.3) is 0 Å². The maximum Gasteiger partial charge on any atom is 0.336 e. The number of carbonyl (C=O) groups is 2. The number of hydrogen-bond acceptors (Lipinski definition) is 4. The summed E-state index contributed by atoms with van der Waals surface area (Å²) in [6.45, 7) is 0.464. The molecule has 0 amide bonds. The molecule has 6 heteroatoms. The lowest BCUT2D eigenvalue weighted by Crippen LogP contribution is -2.19. The van der Waals surface area contributed by atoms with Gasteiger partial charge in [-0.3, -0.25) is 4.79 Å². The Balaban J connectivity index is 1.56. The number of carboxylic acid groups (broad SMARTS) is 1. The highest BCUT2D eigenvalue weighted by Gasteiger charge is 2.26. The molecule has 0 radical (unpaired) electrons. The summed E-state index contributed by atoms with van der Waals surface area (Å²) in [7, 11) is 0. The second-order valence-electron chi connectivity index (χ2n) is 8.46. The van der Waals surface area contributed by atoms with Gasteiger partial charge in [0.2, 0.25) is 11.6 Å². The van der Waals surface area contributed by atoms with Gasteiger partial charge in [-0.05, 0) is 35.6 Å². The number of benzene rings is 2. The fourth-order valence-electron chi connectivity index (χ4n) is 4.41. The van der Waals surface area contributed by atoms with Gasteiger partial charge in [-0.2, -0.15) is 0 Å². The molecule has 1 N–H and O–H groups in total. The summed E-state index contributed by atoms with van der Waals surface area (Å²) in [6.07, 6.45) is 11.7. The predicted molar refractivity (Wildman–Crippen MR) is 126 cm³/mol. The summed E-state index contributed by atoms with van der Waals surface area (Å²) >= 11 is 0. The first-order chi connectivity index (χ1) is 16.1. The van der Waals surface area contributed by atoms with E-state index in [1.54, 1.807) is 22.9 Å². The van der Waals surface area contributed by atoms with Crippen molar-refractivity contribution in [2.45, 2.75) is 51.5 Å². The summed E-state index contributed by atoms with van der Waals surface area (Å²) < 4.78 is 1.77. The second-order valence-corrected chi connectivity index (χ2v) is 8.46. The number of carboxylic acids is 1. The lowest BCUT2D eigenvalue weighted by Gasteiger charge is -2.18. The summed E-state index contributed by atoms with van der Waals surface area (Å²) in [5.41, 5.74) is 2.75. The van der Waals surface area contributed by atoms with Gasteiger partial charge in [0.15, 0.2) is 0 Å². The van der Waals surface area contributed by atoms with Crippen LogP contribution in [-0.2, 0) is 13.0 Å². The fourth-order valence-corrected chi connectivity index (χ4v) is 4.41. The van der Waals surface area contributed by atoms with Gasteiger partial charge >= 0.3 is 5.97 Å². The number of hydrogen-bond donors (Lipinski definition) is 1. The average molecular weight is 442 g/mol. The Kier molecular flexibility index (Phi) is 6.99. The first kappa shape index (κ1) is 22.5. The minimum absolute atomic E-state index is 0.0173. The highest BCUT2D eigenvalue weighted by molar-refractivity contribution is 5.96. The van der Waals surface area contributed by atoms with E-state index >= 15 is 0 Å². The minimum atomic E-state index is -0.953. The molecule has 1 heterocycles. The van der Waals surface area contributed by atoms with Crippen LogP contribution in [0.4, 0.5) is 0 Å². The Bertz CT molecular complexity index is 1180. The Hall–Kier alpha value is -3.72. The molecule has 1 aliphatic rings. The molecule has 33 heavy (non-hydrogen) atoms. The van der Waals surface area contributed by atoms with Gasteiger partial charge in [-0.25, -0.2) is 14.5 Å². The monoisotopic (exact) mass is 441 g/mol. The molecule has 1 fully saturated rings. The molecule has 3 aromatic rings. The van der Waals surface area contributed by atoms with Gasteiger partial charge in [0.05, 0.1) is 12.1 Å². The van der Waals surface area contributed by atoms with Crippen LogP contribution >= 0.6 is 0 Å². The molecule has 1 aliphatic carbocycles. The van der Waals surface area contributed by atoms with E-state index in [1.165, 1.54) is 6.42 Å². The Morgan fingerprint density at radius 3 is 2.48 bits per heavy atom. The SMILES string of the molecule is C#CCCc1nc(C(=O)C2CCCCC2)nn1Cc1ccc(-c2ccccc2C(=O)O)cc1. The highest BCUT2D eigenvalue weighted by atomic mass is 16.4. The Morgan fingerprint density at radius 2 is 1.79 bits per heavy atom. The predicted octanol–water partition coefficient (Wildman–Crippen LogP) is 5.02. The van der Waals surface area contributed by atoms with E-state index < -0.39 is 5.97 Å². The maximum atomic E-state index is 13.0. The highest BCUT2D eigenvalue weighted by Crippen LogP contribution is 2.27. The summed E-state index contributed by atoms with van der Waals surface area (Å²) in [5.74, 6) is 2.75. The van der Waals surface area contributed by atoms with Crippen molar-refractivity contribution in [3.63, 3.8) is 0 Å². The topological polar surface area (TPSA) is 85.1 Å². The summed E-state index contributed by atoms with van der Waals surface area (Å²) in [6, 6.07) is 14.7. The van der Waals surface area contributed by atoms with Crippen molar-refractivity contribution >= 4 is 11.8 Å². The van der Waals surface area contributed by atoms with Crippen LogP contribution in [0.3, 0.4) is 0 Å². The molecule has 0 unspecified atom stereocenters. The number of nitrogens with zero attached hydrogens (tertiary/aromatic N) is 3. The third-order valence-electron chi connectivity index (χ3n) is 6.19. The van der Waals surface area contributed by atoms with Gasteiger partial charge in [-0.15, -0.1) is 17.4 Å². The first-order valence-electron chi connectivity index (χ1n) is 11.4. The van der Waals surface area contributed by atoms with E-state index in [1.807, 2.05) is 30.3 Å². The van der Waals surface area contributed by atoms with Crippen LogP contribution < -0.4 is 0 Å². The normalized spacial score (nSPS) is 14.0. The van der Waals surface area contributed by atoms with Crippen LogP contribution in [0.5, 0.6) is 0 Å². The van der Waals surface area contributed by atoms with Crippen molar-refractivity contribution < 1.29 is 14.7 Å². The molecule has 0 saturated heterocycles. The fraction of sp³-hybridized carbons (Fsp3) is 0.333. The van der Waals surface area contributed by atoms with Gasteiger partial charge in [0.1, 0.15) is 5.82 Å². The number of carbonyl (C=O) groups excluding carboxylic acids is 1. The van der Waals surface area contributed by atoms with E-state index in [-0.39, 0.29) is 17.3 Å². The number of rotatable bonds is 8. The minimum Gasteiger partial charge on any atom is -0.478 e. The van der Waals surface area contributed by atoms with Crippen LogP contribution in [0, 0.1) is 18.3 Å². The molecule has 0 aliphatic heterocycles. The molecule has 1 saturated carbocycles. The van der Waals surface area contributed by atoms with Crippen LogP contribution in [-0.4, -0.2) is 31.6 Å². The van der Waals surface area contributed by atoms with Crippen molar-refractivity contribution in [1.82, 2.24) is 14.8 Å². The van der Waals surface area contributed by atoms with E-state index in [9.17, 15) is 14.7 Å². The summed E-state index contributed by atoms with van der Waals surface area (Å²) in [4.78, 5) is 29.0. The van der Waals surface area contributed by atoms with Crippen molar-refractivity contribution in [2.75, 3.05) is 0 Å². The molecule has 0 bridgehead atoms. The molecule has 0 spiro atoms. The van der Waals surface area contributed by atoms with Crippen molar-refractivity contribution in [3.05, 3.63) is 71.3 Å². The van der Waals surface area contributed by atoms with Crippen LogP contribution in [0.15, 0.2) is 48.5 Å². The third-order valence-corrected chi connectivity index (χ3v) is 6.19. The number of Topliss-reactive ketones (excluding diaryl/α,β-unsaturated/α-hetero) is 1. The van der Waals surface area contributed by atoms with Crippen LogP contribution in [0.2, 0.25) is 0 Å². The number of ketones is 1. The van der Waals surface area contributed by atoms with Gasteiger partial charge in [-0.1, -0.05) is 61.7 Å². The quantitative estimate of drug-likeness (QED) is 0.392. The Labute approximate surface area is 193 Å². The van der Waals surface area contributed by atoms with Crippen molar-refractivity contribution in [2.24, 2.45) is 5.92 Å². The van der Waals surface area contributed by atoms with E-state index in [4.69, 9.17) is 6.42 Å². The number of aromatic nitrogens is 3. The molecular formula is C27H27N3O3. The molecule has 0 atom stereocenters. The molecular weight excluding hydrogens is 414 g/mol. The lowest BCUT2D eigenvalue weighted by atomic mass is 9.86. The van der Waals surface area contributed by atoms with E-state index in [0.717, 1.165) is 36.8 Å². The third kappa shape index (κ3) is 5.20. The van der Waals surface area contributed by atoms with E-state index in [0.29, 0.717) is 36.6 Å². The number of terminal acetylenes is 1. The summed E-state index contributed by atoms with van der Waals surface area (Å²) in [5, 5.41) is 14.0. The van der Waals surface area contributed by atoms with Gasteiger partial charge < -0.3 is 5.11 Å². The average Bonchev–Trinajstić information content (AvgIpc) is 3.25. The van der Waals surface area contributed by atoms with Crippen LogP contribution in [0.25, 0.3) is 11.1 Å². The number of aryl methyl sites for hydroxylation is 1. The van der Waals surface area contributed by atoms with Crippen molar-refractivity contribution in [1.29, 1.82) is 0 Å². The largest absolute Gasteiger partial charge is 0.478 e. The zero-order valence-corrected chi connectivity index (χ0v) is 18.5. The first-order valence-corrected chi connectivity index (χ1v) is 11.4. The van der Waals surface area contributed by atoms with Crippen molar-refractivity contribution in [3.8, 4) is 23.5 Å². The van der Waals surface area contributed by atoms with Crippen LogP contribution in [0.1, 0.15) is 70.9 Å². The molecule has 4 rings (SSSR count). The Morgan fingerprint density at radius 1 is 1.06 bits per heavy atom. The zero-order valence-electron chi connectivity index (χ0n) is 18.5. The molecule has 168 valence electrons. The molecule has 6 nitrogen and oxygen atoms in total. The maximum absolute atomic E-state index is 13.0. The zero-order chi connectivity index (χ0) is 23.2. The smallest absolute Gasteiger partial charge is 0.336 e. The second kappa shape index (κ2) is 10.3. The molecule has 2 aromatic carbocycles. The van der Waals surface area contributed by atoms with Gasteiger partial charge in [0, 0.05) is 18.8 Å².